The molecule has 0 fully saturated rings. The minimum atomic E-state index is -0.0716. The summed E-state index contributed by atoms with van der Waals surface area (Å²) in [5.41, 5.74) is 3.84. The van der Waals surface area contributed by atoms with E-state index in [9.17, 15) is 10.1 Å². The van der Waals surface area contributed by atoms with E-state index in [1.54, 1.807) is 12.1 Å². The molecule has 0 aliphatic heterocycles. The first-order chi connectivity index (χ1) is 12.0. The molecular weight excluding hydrogens is 310 g/mol. The monoisotopic (exact) mass is 331 g/mol. The van der Waals surface area contributed by atoms with Crippen molar-refractivity contribution in [2.24, 2.45) is 0 Å². The fraction of sp³-hybridized carbons (Fsp3) is 0.273. The smallest absolute Gasteiger partial charge is 0.193 e. The van der Waals surface area contributed by atoms with Gasteiger partial charge >= 0.3 is 0 Å². The number of aryl methyl sites for hydroxylation is 1. The van der Waals surface area contributed by atoms with E-state index >= 15 is 0 Å². The second kappa shape index (κ2) is 6.94. The molecule has 1 aromatic heterocycles. The van der Waals surface area contributed by atoms with Gasteiger partial charge in [-0.25, -0.2) is 0 Å². The maximum atomic E-state index is 12.7. The Morgan fingerprint density at radius 1 is 1.20 bits per heavy atom. The molecule has 3 aromatic rings. The van der Waals surface area contributed by atoms with Gasteiger partial charge in [0.1, 0.15) is 11.3 Å². The predicted molar refractivity (Wildman–Crippen MR) is 101 cm³/mol. The highest BCUT2D eigenvalue weighted by molar-refractivity contribution is 5.83. The summed E-state index contributed by atoms with van der Waals surface area (Å²) in [6, 6.07) is 14.8. The third-order valence-electron chi connectivity index (χ3n) is 4.57. The molecule has 0 N–H and O–H groups in total. The summed E-state index contributed by atoms with van der Waals surface area (Å²) < 4.78 is 6.17. The fourth-order valence-corrected chi connectivity index (χ4v) is 3.32. The lowest BCUT2D eigenvalue weighted by molar-refractivity contribution is 0.595. The lowest BCUT2D eigenvalue weighted by Crippen LogP contribution is -2.05. The second-order valence-corrected chi connectivity index (χ2v) is 6.55. The van der Waals surface area contributed by atoms with E-state index in [0.29, 0.717) is 33.8 Å². The van der Waals surface area contributed by atoms with Crippen molar-refractivity contribution in [2.45, 2.75) is 39.5 Å². The molecule has 0 radical (unpaired) electrons. The van der Waals surface area contributed by atoms with Gasteiger partial charge in [0.2, 0.25) is 0 Å². The molecule has 0 aliphatic carbocycles. The van der Waals surface area contributed by atoms with E-state index in [4.69, 9.17) is 4.42 Å². The Balaban J connectivity index is 2.32. The molecule has 2 aromatic carbocycles. The van der Waals surface area contributed by atoms with E-state index in [2.05, 4.69) is 26.0 Å². The zero-order valence-electron chi connectivity index (χ0n) is 14.8. The minimum Gasteiger partial charge on any atom is -0.455 e. The van der Waals surface area contributed by atoms with Gasteiger partial charge in [-0.15, -0.1) is 0 Å². The Kier molecular flexibility index (Phi) is 4.72. The molecule has 1 heterocycles. The van der Waals surface area contributed by atoms with Gasteiger partial charge in [-0.2, -0.15) is 5.26 Å². The maximum Gasteiger partial charge on any atom is 0.193 e. The number of hydrogen-bond donors (Lipinski definition) is 0. The third kappa shape index (κ3) is 3.21. The van der Waals surface area contributed by atoms with Crippen molar-refractivity contribution < 1.29 is 4.42 Å². The maximum absolute atomic E-state index is 12.7. The normalized spacial score (nSPS) is 12.1. The van der Waals surface area contributed by atoms with E-state index in [-0.39, 0.29) is 5.43 Å². The van der Waals surface area contributed by atoms with Crippen LogP contribution in [0.5, 0.6) is 0 Å². The molecule has 126 valence electrons. The first-order valence-electron chi connectivity index (χ1n) is 8.63. The van der Waals surface area contributed by atoms with Crippen LogP contribution in [-0.4, -0.2) is 0 Å². The summed E-state index contributed by atoms with van der Waals surface area (Å²) in [5, 5.41) is 9.95. The van der Waals surface area contributed by atoms with Crippen molar-refractivity contribution in [1.82, 2.24) is 0 Å². The molecule has 0 spiro atoms. The lowest BCUT2D eigenvalue weighted by atomic mass is 9.93. The third-order valence-corrected chi connectivity index (χ3v) is 4.57. The summed E-state index contributed by atoms with van der Waals surface area (Å²) in [6.07, 6.45) is 2.10. The highest BCUT2D eigenvalue weighted by Gasteiger charge is 2.16. The van der Waals surface area contributed by atoms with Crippen LogP contribution in [-0.2, 0) is 0 Å². The molecule has 0 aliphatic rings. The van der Waals surface area contributed by atoms with Crippen LogP contribution in [0.3, 0.4) is 0 Å². The van der Waals surface area contributed by atoms with Gasteiger partial charge in [0.05, 0.1) is 17.0 Å². The number of nitriles is 1. The van der Waals surface area contributed by atoms with Crippen molar-refractivity contribution in [1.29, 1.82) is 5.26 Å². The van der Waals surface area contributed by atoms with Crippen LogP contribution < -0.4 is 5.43 Å². The van der Waals surface area contributed by atoms with Crippen molar-refractivity contribution in [2.75, 3.05) is 0 Å². The van der Waals surface area contributed by atoms with Gasteiger partial charge in [-0.1, -0.05) is 38.5 Å². The molecule has 3 nitrogen and oxygen atoms in total. The Morgan fingerprint density at radius 2 is 1.96 bits per heavy atom. The molecule has 0 amide bonds. The Hall–Kier alpha value is -2.86. The first-order valence-corrected chi connectivity index (χ1v) is 8.63. The van der Waals surface area contributed by atoms with Crippen LogP contribution in [0.15, 0.2) is 51.7 Å². The highest BCUT2D eigenvalue weighted by atomic mass is 16.3. The molecule has 25 heavy (non-hydrogen) atoms. The van der Waals surface area contributed by atoms with Crippen molar-refractivity contribution >= 4 is 11.0 Å². The van der Waals surface area contributed by atoms with Crippen LogP contribution in [0.25, 0.3) is 22.3 Å². The quantitative estimate of drug-likeness (QED) is 0.630. The van der Waals surface area contributed by atoms with E-state index in [1.807, 2.05) is 25.1 Å². The van der Waals surface area contributed by atoms with Gasteiger partial charge in [0.15, 0.2) is 5.43 Å². The van der Waals surface area contributed by atoms with E-state index < -0.39 is 0 Å². The SMILES string of the molecule is CCCC(C)c1cc(C)cc2c(=O)cc(-c3ccccc3C#N)oc12. The van der Waals surface area contributed by atoms with Crippen LogP contribution in [0, 0.1) is 18.3 Å². The topological polar surface area (TPSA) is 54.0 Å². The Labute approximate surface area is 147 Å². The molecular formula is C22H21NO2. The van der Waals surface area contributed by atoms with Crippen LogP contribution in [0.1, 0.15) is 49.3 Å². The van der Waals surface area contributed by atoms with Gasteiger partial charge < -0.3 is 4.42 Å². The number of nitrogens with zero attached hydrogens (tertiary/aromatic N) is 1. The molecule has 0 saturated carbocycles. The van der Waals surface area contributed by atoms with Crippen molar-refractivity contribution in [3.8, 4) is 17.4 Å². The van der Waals surface area contributed by atoms with E-state index in [1.165, 1.54) is 6.07 Å². The molecule has 3 heteroatoms. The number of hydrogen-bond acceptors (Lipinski definition) is 3. The molecule has 3 rings (SSSR count). The molecule has 1 unspecified atom stereocenters. The average molecular weight is 331 g/mol. The van der Waals surface area contributed by atoms with Gasteiger partial charge in [-0.05, 0) is 48.6 Å². The summed E-state index contributed by atoms with van der Waals surface area (Å²) in [5.74, 6) is 0.750. The van der Waals surface area contributed by atoms with Gasteiger partial charge in [0, 0.05) is 11.6 Å². The van der Waals surface area contributed by atoms with E-state index in [0.717, 1.165) is 24.0 Å². The summed E-state index contributed by atoms with van der Waals surface area (Å²) in [7, 11) is 0. The minimum absolute atomic E-state index is 0.0716. The number of rotatable bonds is 4. The number of benzene rings is 2. The molecule has 1 atom stereocenters. The zero-order chi connectivity index (χ0) is 18.0. The van der Waals surface area contributed by atoms with Crippen molar-refractivity contribution in [3.63, 3.8) is 0 Å². The second-order valence-electron chi connectivity index (χ2n) is 6.55. The largest absolute Gasteiger partial charge is 0.455 e. The fourth-order valence-electron chi connectivity index (χ4n) is 3.32. The van der Waals surface area contributed by atoms with Crippen LogP contribution in [0.4, 0.5) is 0 Å². The predicted octanol–water partition coefficient (Wildman–Crippen LogP) is 5.54. The van der Waals surface area contributed by atoms with Gasteiger partial charge in [-0.3, -0.25) is 4.79 Å². The summed E-state index contributed by atoms with van der Waals surface area (Å²) in [6.45, 7) is 6.31. The Bertz CT molecular complexity index is 1020. The first kappa shape index (κ1) is 17.0. The summed E-state index contributed by atoms with van der Waals surface area (Å²) in [4.78, 5) is 12.7. The van der Waals surface area contributed by atoms with Crippen LogP contribution >= 0.6 is 0 Å². The van der Waals surface area contributed by atoms with Gasteiger partial charge in [0.25, 0.3) is 0 Å². The standard InChI is InChI=1S/C22H21NO2/c1-4-7-15(3)18-10-14(2)11-19-20(24)12-21(25-22(18)19)17-9-6-5-8-16(17)13-23/h5-6,8-12,15H,4,7H2,1-3H3. The zero-order valence-corrected chi connectivity index (χ0v) is 14.8. The average Bonchev–Trinajstić information content (AvgIpc) is 2.61. The van der Waals surface area contributed by atoms with Crippen molar-refractivity contribution in [3.05, 3.63) is 69.4 Å². The number of fused-ring (bicyclic) bond motifs is 1. The molecule has 0 bridgehead atoms. The lowest BCUT2D eigenvalue weighted by Gasteiger charge is -2.15. The highest BCUT2D eigenvalue weighted by Crippen LogP contribution is 2.32. The summed E-state index contributed by atoms with van der Waals surface area (Å²) >= 11 is 0. The Morgan fingerprint density at radius 3 is 2.68 bits per heavy atom. The molecule has 0 saturated heterocycles. The van der Waals surface area contributed by atoms with Crippen LogP contribution in [0.2, 0.25) is 0 Å².